The fraction of sp³-hybridized carbons (Fsp3) is 0.375. The van der Waals surface area contributed by atoms with Crippen LogP contribution >= 0.6 is 22.7 Å². The van der Waals surface area contributed by atoms with Crippen LogP contribution in [0.1, 0.15) is 31.3 Å². The molecule has 1 saturated heterocycles. The van der Waals surface area contributed by atoms with Crippen LogP contribution in [0.4, 0.5) is 9.93 Å². The van der Waals surface area contributed by atoms with Gasteiger partial charge in [0.25, 0.3) is 5.91 Å². The molecule has 9 heteroatoms. The average molecular weight is 378 g/mol. The van der Waals surface area contributed by atoms with E-state index < -0.39 is 11.6 Å². The van der Waals surface area contributed by atoms with E-state index in [1.165, 1.54) is 34.5 Å². The minimum atomic E-state index is -1.04. The van der Waals surface area contributed by atoms with Gasteiger partial charge in [-0.05, 0) is 25.3 Å². The molecule has 3 rings (SSSR count). The van der Waals surface area contributed by atoms with Crippen molar-refractivity contribution in [1.82, 2.24) is 15.2 Å². The normalized spacial score (nSPS) is 20.0. The highest BCUT2D eigenvalue weighted by Gasteiger charge is 2.49. The van der Waals surface area contributed by atoms with E-state index in [0.717, 1.165) is 4.88 Å². The molecule has 0 bridgehead atoms. The number of thiazole rings is 1. The van der Waals surface area contributed by atoms with E-state index in [2.05, 4.69) is 10.3 Å². The zero-order chi connectivity index (χ0) is 18.2. The maximum Gasteiger partial charge on any atom is 0.325 e. The highest BCUT2D eigenvalue weighted by atomic mass is 32.1. The number of amides is 4. The lowest BCUT2D eigenvalue weighted by Crippen LogP contribution is -2.40. The van der Waals surface area contributed by atoms with E-state index in [0.29, 0.717) is 17.4 Å². The Morgan fingerprint density at radius 3 is 2.76 bits per heavy atom. The average Bonchev–Trinajstić information content (AvgIpc) is 3.27. The third-order valence-corrected chi connectivity index (χ3v) is 6.08. The third-order valence-electron chi connectivity index (χ3n) is 4.08. The minimum absolute atomic E-state index is 0.0809. The van der Waals surface area contributed by atoms with Crippen molar-refractivity contribution in [2.75, 3.05) is 11.4 Å². The molecule has 1 aliphatic rings. The summed E-state index contributed by atoms with van der Waals surface area (Å²) < 4.78 is 0. The SMILES string of the molecule is CCN(C(C)=O)c1nc(CN2C(=O)NC(C)(c3cccs3)C2=O)cs1. The lowest BCUT2D eigenvalue weighted by Gasteiger charge is -2.19. The fourth-order valence-corrected chi connectivity index (χ4v) is 4.48. The number of nitrogens with one attached hydrogen (secondary N) is 1. The van der Waals surface area contributed by atoms with Crippen molar-refractivity contribution < 1.29 is 14.4 Å². The number of rotatable bonds is 5. The molecule has 2 aromatic heterocycles. The van der Waals surface area contributed by atoms with Gasteiger partial charge in [-0.25, -0.2) is 9.78 Å². The quantitative estimate of drug-likeness (QED) is 0.811. The lowest BCUT2D eigenvalue weighted by molar-refractivity contribution is -0.131. The second-order valence-corrected chi connectivity index (χ2v) is 7.59. The molecule has 0 aliphatic carbocycles. The molecular formula is C16H18N4O3S2. The predicted octanol–water partition coefficient (Wildman–Crippen LogP) is 2.54. The van der Waals surface area contributed by atoms with Crippen LogP contribution in [-0.4, -0.2) is 34.3 Å². The van der Waals surface area contributed by atoms with Crippen LogP contribution in [0.2, 0.25) is 0 Å². The standard InChI is InChI=1S/C16H18N4O3S2/c1-4-19(10(2)21)15-17-11(9-25-15)8-20-13(22)16(3,18-14(20)23)12-6-5-7-24-12/h5-7,9H,4,8H2,1-3H3,(H,18,23). The molecule has 1 aliphatic heterocycles. The predicted molar refractivity (Wildman–Crippen MR) is 96.6 cm³/mol. The van der Waals surface area contributed by atoms with Crippen LogP contribution in [-0.2, 0) is 21.7 Å². The van der Waals surface area contributed by atoms with Crippen molar-refractivity contribution >= 4 is 45.7 Å². The topological polar surface area (TPSA) is 82.6 Å². The molecule has 7 nitrogen and oxygen atoms in total. The van der Waals surface area contributed by atoms with Gasteiger partial charge in [0.2, 0.25) is 5.91 Å². The number of nitrogens with zero attached hydrogens (tertiary/aromatic N) is 3. The Bertz CT molecular complexity index is 817. The third kappa shape index (κ3) is 3.05. The van der Waals surface area contributed by atoms with Gasteiger partial charge < -0.3 is 5.32 Å². The van der Waals surface area contributed by atoms with Crippen LogP contribution < -0.4 is 10.2 Å². The summed E-state index contributed by atoms with van der Waals surface area (Å²) in [6.07, 6.45) is 0. The van der Waals surface area contributed by atoms with Crippen molar-refractivity contribution in [1.29, 1.82) is 0 Å². The maximum absolute atomic E-state index is 12.8. The second kappa shape index (κ2) is 6.57. The van der Waals surface area contributed by atoms with Crippen molar-refractivity contribution in [2.45, 2.75) is 32.9 Å². The summed E-state index contributed by atoms with van der Waals surface area (Å²) in [5, 5.41) is 6.98. The van der Waals surface area contributed by atoms with E-state index in [1.807, 2.05) is 24.4 Å². The molecule has 1 N–H and O–H groups in total. The molecular weight excluding hydrogens is 360 g/mol. The number of imide groups is 1. The number of carbonyl (C=O) groups is 3. The van der Waals surface area contributed by atoms with E-state index in [-0.39, 0.29) is 18.4 Å². The number of hydrogen-bond donors (Lipinski definition) is 1. The molecule has 1 atom stereocenters. The van der Waals surface area contributed by atoms with Crippen LogP contribution in [0.25, 0.3) is 0 Å². The van der Waals surface area contributed by atoms with Crippen LogP contribution in [0.15, 0.2) is 22.9 Å². The molecule has 0 aromatic carbocycles. The summed E-state index contributed by atoms with van der Waals surface area (Å²) in [5.74, 6) is -0.392. The number of urea groups is 1. The smallest absolute Gasteiger partial charge is 0.319 e. The Labute approximate surface area is 153 Å². The summed E-state index contributed by atoms with van der Waals surface area (Å²) in [6.45, 7) is 5.65. The highest BCUT2D eigenvalue weighted by Crippen LogP contribution is 2.33. The van der Waals surface area contributed by atoms with Crippen molar-refractivity contribution in [3.05, 3.63) is 33.5 Å². The Morgan fingerprint density at radius 1 is 1.40 bits per heavy atom. The summed E-state index contributed by atoms with van der Waals surface area (Å²) in [6, 6.07) is 3.25. The van der Waals surface area contributed by atoms with Crippen molar-refractivity contribution in [2.24, 2.45) is 0 Å². The summed E-state index contributed by atoms with van der Waals surface area (Å²) in [7, 11) is 0. The van der Waals surface area contributed by atoms with Gasteiger partial charge in [-0.15, -0.1) is 22.7 Å². The first-order valence-corrected chi connectivity index (χ1v) is 9.53. The van der Waals surface area contributed by atoms with E-state index in [9.17, 15) is 14.4 Å². The van der Waals surface area contributed by atoms with Gasteiger partial charge >= 0.3 is 6.03 Å². The van der Waals surface area contributed by atoms with Crippen LogP contribution in [0.5, 0.6) is 0 Å². The maximum atomic E-state index is 12.8. The van der Waals surface area contributed by atoms with Gasteiger partial charge in [0, 0.05) is 23.7 Å². The first kappa shape index (κ1) is 17.6. The molecule has 4 amide bonds. The molecule has 2 aromatic rings. The molecule has 0 spiro atoms. The Hall–Kier alpha value is -2.26. The second-order valence-electron chi connectivity index (χ2n) is 5.81. The van der Waals surface area contributed by atoms with Gasteiger partial charge in [0.1, 0.15) is 0 Å². The van der Waals surface area contributed by atoms with Gasteiger partial charge in [0.15, 0.2) is 10.7 Å². The number of anilines is 1. The zero-order valence-corrected chi connectivity index (χ0v) is 15.7. The minimum Gasteiger partial charge on any atom is -0.319 e. The number of hydrogen-bond acceptors (Lipinski definition) is 6. The summed E-state index contributed by atoms with van der Waals surface area (Å²) >= 11 is 2.75. The van der Waals surface area contributed by atoms with Gasteiger partial charge in [-0.3, -0.25) is 19.4 Å². The fourth-order valence-electron chi connectivity index (χ4n) is 2.72. The highest BCUT2D eigenvalue weighted by molar-refractivity contribution is 7.14. The molecule has 1 fully saturated rings. The monoisotopic (exact) mass is 378 g/mol. The van der Waals surface area contributed by atoms with Crippen molar-refractivity contribution in [3.63, 3.8) is 0 Å². The number of thiophene rings is 1. The van der Waals surface area contributed by atoms with Gasteiger partial charge in [-0.1, -0.05) is 6.07 Å². The van der Waals surface area contributed by atoms with E-state index >= 15 is 0 Å². The Balaban J connectivity index is 1.80. The van der Waals surface area contributed by atoms with Crippen LogP contribution in [0.3, 0.4) is 0 Å². The van der Waals surface area contributed by atoms with Gasteiger partial charge in [0.05, 0.1) is 12.2 Å². The largest absolute Gasteiger partial charge is 0.325 e. The van der Waals surface area contributed by atoms with Gasteiger partial charge in [-0.2, -0.15) is 0 Å². The Morgan fingerprint density at radius 2 is 2.16 bits per heavy atom. The molecule has 0 saturated carbocycles. The molecule has 3 heterocycles. The molecule has 0 radical (unpaired) electrons. The van der Waals surface area contributed by atoms with Crippen LogP contribution in [0, 0.1) is 0 Å². The molecule has 132 valence electrons. The number of carbonyl (C=O) groups excluding carboxylic acids is 3. The Kier molecular flexibility index (Phi) is 4.61. The number of aromatic nitrogens is 1. The van der Waals surface area contributed by atoms with E-state index in [4.69, 9.17) is 0 Å². The zero-order valence-electron chi connectivity index (χ0n) is 14.1. The first-order valence-electron chi connectivity index (χ1n) is 7.77. The van der Waals surface area contributed by atoms with E-state index in [1.54, 1.807) is 17.2 Å². The molecule has 1 unspecified atom stereocenters. The molecule has 25 heavy (non-hydrogen) atoms. The first-order chi connectivity index (χ1) is 11.9. The van der Waals surface area contributed by atoms with Crippen molar-refractivity contribution in [3.8, 4) is 0 Å². The summed E-state index contributed by atoms with van der Waals surface area (Å²) in [5.41, 5.74) is -0.461. The summed E-state index contributed by atoms with van der Waals surface area (Å²) in [4.78, 5) is 44.6. The lowest BCUT2D eigenvalue weighted by atomic mass is 10.0.